The molecule has 214 valence electrons. The molecule has 0 radical (unpaired) electrons. The lowest BCUT2D eigenvalue weighted by Crippen LogP contribution is -2.49. The third kappa shape index (κ3) is 5.73. The van der Waals surface area contributed by atoms with Gasteiger partial charge in [-0.1, -0.05) is 6.07 Å². The molecule has 1 aliphatic carbocycles. The monoisotopic (exact) mass is 574 g/mol. The summed E-state index contributed by atoms with van der Waals surface area (Å²) in [4.78, 5) is 34.5. The summed E-state index contributed by atoms with van der Waals surface area (Å²) in [6.45, 7) is 3.21. The summed E-state index contributed by atoms with van der Waals surface area (Å²) >= 11 is 1.90. The van der Waals surface area contributed by atoms with Crippen LogP contribution in [0.4, 0.5) is 13.2 Å². The van der Waals surface area contributed by atoms with Crippen molar-refractivity contribution in [2.75, 3.05) is 39.4 Å². The molecule has 0 saturated carbocycles. The van der Waals surface area contributed by atoms with Crippen molar-refractivity contribution >= 4 is 23.6 Å². The zero-order valence-corrected chi connectivity index (χ0v) is 23.0. The fourth-order valence-corrected chi connectivity index (χ4v) is 8.11. The van der Waals surface area contributed by atoms with Gasteiger partial charge in [0.2, 0.25) is 5.91 Å². The van der Waals surface area contributed by atoms with Crippen LogP contribution in [0.15, 0.2) is 36.7 Å². The summed E-state index contributed by atoms with van der Waals surface area (Å²) in [6.07, 6.45) is 3.69. The molecule has 4 heterocycles. The van der Waals surface area contributed by atoms with Gasteiger partial charge in [-0.05, 0) is 67.0 Å². The van der Waals surface area contributed by atoms with Gasteiger partial charge in [-0.15, -0.1) is 11.8 Å². The van der Waals surface area contributed by atoms with Gasteiger partial charge in [0.05, 0.1) is 18.2 Å². The molecule has 3 atom stereocenters. The van der Waals surface area contributed by atoms with Crippen molar-refractivity contribution < 1.29 is 27.5 Å². The number of aromatic nitrogens is 1. The molecule has 3 aliphatic heterocycles. The number of pyridine rings is 1. The topological polar surface area (TPSA) is 74.8 Å². The van der Waals surface area contributed by atoms with Crippen molar-refractivity contribution in [1.29, 1.82) is 0 Å². The highest BCUT2D eigenvalue weighted by molar-refractivity contribution is 8.00. The number of halogens is 3. The smallest absolute Gasteiger partial charge is 0.381 e. The van der Waals surface area contributed by atoms with E-state index >= 15 is 0 Å². The normalized spacial score (nSPS) is 25.6. The molecule has 4 aliphatic rings. The number of fused-ring (bicyclic) bond motifs is 2. The van der Waals surface area contributed by atoms with E-state index in [0.717, 1.165) is 64.1 Å². The molecular formula is C29H33F3N4O3S. The number of thioether (sulfide) groups is 1. The maximum Gasteiger partial charge on any atom is 0.416 e. The van der Waals surface area contributed by atoms with Gasteiger partial charge in [0.1, 0.15) is 0 Å². The minimum atomic E-state index is -4.53. The molecule has 6 rings (SSSR count). The molecule has 2 fully saturated rings. The predicted molar refractivity (Wildman–Crippen MR) is 145 cm³/mol. The number of rotatable bonds is 6. The van der Waals surface area contributed by atoms with Crippen LogP contribution in [0.25, 0.3) is 0 Å². The second kappa shape index (κ2) is 11.3. The SMILES string of the molecule is O=C(CN1CCc2ccc(C(F)(F)F)cc2C1=O)NC1CN(C2CCOCC2)C[C@@H]1SC1CCc2ccncc21. The Morgan fingerprint density at radius 2 is 1.93 bits per heavy atom. The van der Waals surface area contributed by atoms with Gasteiger partial charge in [0, 0.05) is 67.3 Å². The molecular weight excluding hydrogens is 541 g/mol. The van der Waals surface area contributed by atoms with Crippen LogP contribution in [0.5, 0.6) is 0 Å². The number of amides is 2. The van der Waals surface area contributed by atoms with Gasteiger partial charge in [-0.3, -0.25) is 19.5 Å². The third-order valence-electron chi connectivity index (χ3n) is 8.60. The van der Waals surface area contributed by atoms with Crippen molar-refractivity contribution in [2.45, 2.75) is 60.9 Å². The first-order valence-electron chi connectivity index (χ1n) is 13.9. The lowest BCUT2D eigenvalue weighted by atomic mass is 9.96. The van der Waals surface area contributed by atoms with Gasteiger partial charge in [-0.2, -0.15) is 13.2 Å². The van der Waals surface area contributed by atoms with Crippen LogP contribution in [0.3, 0.4) is 0 Å². The minimum absolute atomic E-state index is 0.0300. The fraction of sp³-hybridized carbons (Fsp3) is 0.552. The summed E-state index contributed by atoms with van der Waals surface area (Å²) < 4.78 is 45.3. The molecule has 0 bridgehead atoms. The van der Waals surface area contributed by atoms with Gasteiger partial charge in [0.25, 0.3) is 5.91 Å². The first-order chi connectivity index (χ1) is 19.3. The molecule has 40 heavy (non-hydrogen) atoms. The zero-order chi connectivity index (χ0) is 27.9. The summed E-state index contributed by atoms with van der Waals surface area (Å²) in [5.74, 6) is -0.805. The van der Waals surface area contributed by atoms with Gasteiger partial charge in [-0.25, -0.2) is 0 Å². The number of ether oxygens (including phenoxy) is 1. The van der Waals surface area contributed by atoms with Crippen molar-refractivity contribution in [2.24, 2.45) is 0 Å². The molecule has 2 amide bonds. The van der Waals surface area contributed by atoms with Crippen LogP contribution in [0.2, 0.25) is 0 Å². The molecule has 2 saturated heterocycles. The second-order valence-corrected chi connectivity index (χ2v) is 12.5. The number of nitrogens with one attached hydrogen (secondary N) is 1. The molecule has 2 aromatic rings. The highest BCUT2D eigenvalue weighted by Crippen LogP contribution is 2.45. The largest absolute Gasteiger partial charge is 0.416 e. The Morgan fingerprint density at radius 1 is 1.10 bits per heavy atom. The van der Waals surface area contributed by atoms with Crippen LogP contribution < -0.4 is 5.32 Å². The lowest BCUT2D eigenvalue weighted by Gasteiger charge is -2.31. The number of benzene rings is 1. The standard InChI is InChI=1S/C29H33F3N4O3S/c30-29(31,32)20-3-1-19-6-10-35(28(38)22(19)13-20)17-27(37)34-24-15-36(21-7-11-39-12-8-21)16-26(24)40-25-4-2-18-5-9-33-14-23(18)25/h1,3,5,9,13-14,21,24-26H,2,4,6-8,10-12,15-17H2,(H,34,37)/t24?,25?,26-/m0/s1. The summed E-state index contributed by atoms with van der Waals surface area (Å²) in [5, 5.41) is 3.70. The van der Waals surface area contributed by atoms with E-state index in [1.165, 1.54) is 22.1 Å². The Hall–Kier alpha value is -2.63. The Morgan fingerprint density at radius 3 is 2.73 bits per heavy atom. The predicted octanol–water partition coefficient (Wildman–Crippen LogP) is 3.87. The number of hydrogen-bond acceptors (Lipinski definition) is 6. The number of alkyl halides is 3. The minimum Gasteiger partial charge on any atom is -0.381 e. The van der Waals surface area contributed by atoms with Gasteiger partial charge in [0.15, 0.2) is 0 Å². The van der Waals surface area contributed by atoms with E-state index in [0.29, 0.717) is 29.8 Å². The van der Waals surface area contributed by atoms with Crippen LogP contribution in [-0.2, 0) is 28.5 Å². The Labute approximate surface area is 235 Å². The first-order valence-corrected chi connectivity index (χ1v) is 14.9. The van der Waals surface area contributed by atoms with Crippen LogP contribution >= 0.6 is 11.8 Å². The van der Waals surface area contributed by atoms with Crippen molar-refractivity contribution in [1.82, 2.24) is 20.1 Å². The van der Waals surface area contributed by atoms with Crippen molar-refractivity contribution in [3.8, 4) is 0 Å². The van der Waals surface area contributed by atoms with Crippen molar-refractivity contribution in [3.05, 3.63) is 64.5 Å². The van der Waals surface area contributed by atoms with E-state index in [9.17, 15) is 22.8 Å². The number of likely N-dealkylation sites (tertiary alicyclic amines) is 1. The summed E-state index contributed by atoms with van der Waals surface area (Å²) in [7, 11) is 0. The highest BCUT2D eigenvalue weighted by atomic mass is 32.2. The van der Waals surface area contributed by atoms with E-state index in [4.69, 9.17) is 4.74 Å². The molecule has 2 unspecified atom stereocenters. The molecule has 7 nitrogen and oxygen atoms in total. The number of nitrogens with zero attached hydrogens (tertiary/aromatic N) is 3. The fourth-order valence-electron chi connectivity index (χ4n) is 6.45. The quantitative estimate of drug-likeness (QED) is 0.565. The molecule has 0 spiro atoms. The van der Waals surface area contributed by atoms with E-state index < -0.39 is 17.6 Å². The Kier molecular flexibility index (Phi) is 7.80. The van der Waals surface area contributed by atoms with Crippen LogP contribution in [0.1, 0.15) is 57.1 Å². The second-order valence-electron chi connectivity index (χ2n) is 11.1. The van der Waals surface area contributed by atoms with Gasteiger partial charge < -0.3 is 15.0 Å². The highest BCUT2D eigenvalue weighted by Gasteiger charge is 2.41. The van der Waals surface area contributed by atoms with Crippen LogP contribution in [-0.4, -0.2) is 83.3 Å². The number of carbonyl (C=O) groups is 2. The Balaban J connectivity index is 1.14. The van der Waals surface area contributed by atoms with E-state index in [-0.39, 0.29) is 29.3 Å². The average molecular weight is 575 g/mol. The first kappa shape index (κ1) is 27.5. The van der Waals surface area contributed by atoms with Crippen molar-refractivity contribution in [3.63, 3.8) is 0 Å². The average Bonchev–Trinajstić information content (AvgIpc) is 3.54. The van der Waals surface area contributed by atoms with E-state index in [1.54, 1.807) is 0 Å². The maximum atomic E-state index is 13.3. The van der Waals surface area contributed by atoms with E-state index in [2.05, 4.69) is 21.3 Å². The lowest BCUT2D eigenvalue weighted by molar-refractivity contribution is -0.137. The third-order valence-corrected chi connectivity index (χ3v) is 10.2. The molecule has 1 aromatic carbocycles. The molecule has 1 aromatic heterocycles. The van der Waals surface area contributed by atoms with Crippen LogP contribution in [0, 0.1) is 0 Å². The summed E-state index contributed by atoms with van der Waals surface area (Å²) in [6, 6.07) is 5.70. The molecule has 1 N–H and O–H groups in total. The number of carbonyl (C=O) groups excluding carboxylic acids is 2. The van der Waals surface area contributed by atoms with Gasteiger partial charge >= 0.3 is 6.18 Å². The number of aryl methyl sites for hydroxylation is 1. The Bertz CT molecular complexity index is 1270. The van der Waals surface area contributed by atoms with E-state index in [1.807, 2.05) is 24.2 Å². The number of hydrogen-bond donors (Lipinski definition) is 1. The zero-order valence-electron chi connectivity index (χ0n) is 22.2. The maximum absolute atomic E-state index is 13.3. The molecule has 11 heteroatoms. The summed E-state index contributed by atoms with van der Waals surface area (Å²) in [5.41, 5.74) is 2.37.